The van der Waals surface area contributed by atoms with Gasteiger partial charge in [-0.3, -0.25) is 19.2 Å². The van der Waals surface area contributed by atoms with E-state index in [1.54, 1.807) is 18.2 Å². The first kappa shape index (κ1) is 24.6. The molecule has 0 aliphatic carbocycles. The Balaban J connectivity index is 1.83. The molecule has 10 heteroatoms. The molecule has 0 saturated carbocycles. The number of carbonyl (C=O) groups excluding carboxylic acids is 1. The lowest BCUT2D eigenvalue weighted by atomic mass is 10.0. The Hall–Kier alpha value is -4.05. The van der Waals surface area contributed by atoms with E-state index < -0.39 is 27.4 Å². The number of hydrogen-bond acceptors (Lipinski definition) is 6. The summed E-state index contributed by atoms with van der Waals surface area (Å²) in [5, 5.41) is 15.1. The first-order valence-corrected chi connectivity index (χ1v) is 11.9. The molecule has 0 bridgehead atoms. The molecule has 0 aliphatic heterocycles. The van der Waals surface area contributed by atoms with Crippen molar-refractivity contribution in [2.75, 3.05) is 10.8 Å². The normalized spacial score (nSPS) is 11.5. The van der Waals surface area contributed by atoms with Crippen LogP contribution in [0.25, 0.3) is 0 Å². The van der Waals surface area contributed by atoms with E-state index >= 15 is 0 Å². The van der Waals surface area contributed by atoms with E-state index in [0.717, 1.165) is 15.9 Å². The number of benzene rings is 3. The fraction of sp³-hybridized carbons (Fsp3) is 0.167. The van der Waals surface area contributed by atoms with Crippen LogP contribution in [0, 0.1) is 10.1 Å². The molecule has 0 radical (unpaired) electrons. The molecule has 1 amide bonds. The third-order valence-electron chi connectivity index (χ3n) is 4.95. The lowest BCUT2D eigenvalue weighted by Gasteiger charge is -2.23. The number of nitrogens with one attached hydrogen (secondary N) is 1. The highest BCUT2D eigenvalue weighted by atomic mass is 32.2. The van der Waals surface area contributed by atoms with Gasteiger partial charge in [0.1, 0.15) is 6.54 Å². The smallest absolute Gasteiger partial charge is 0.271 e. The molecule has 34 heavy (non-hydrogen) atoms. The Kier molecular flexibility index (Phi) is 7.75. The van der Waals surface area contributed by atoms with Crippen molar-refractivity contribution in [3.8, 4) is 0 Å². The van der Waals surface area contributed by atoms with Gasteiger partial charge >= 0.3 is 0 Å². The van der Waals surface area contributed by atoms with Crippen LogP contribution in [0.3, 0.4) is 0 Å². The molecule has 0 aliphatic rings. The largest absolute Gasteiger partial charge is 0.271 e. The zero-order valence-corrected chi connectivity index (χ0v) is 19.5. The van der Waals surface area contributed by atoms with Gasteiger partial charge in [-0.05, 0) is 35.2 Å². The van der Waals surface area contributed by atoms with Crippen molar-refractivity contribution in [2.24, 2.45) is 5.10 Å². The summed E-state index contributed by atoms with van der Waals surface area (Å²) in [5.41, 5.74) is 3.94. The third-order valence-corrected chi connectivity index (χ3v) is 6.74. The number of sulfonamides is 1. The predicted molar refractivity (Wildman–Crippen MR) is 130 cm³/mol. The molecule has 0 aromatic heterocycles. The lowest BCUT2D eigenvalue weighted by Crippen LogP contribution is -2.39. The van der Waals surface area contributed by atoms with Crippen molar-refractivity contribution in [1.82, 2.24) is 5.43 Å². The minimum absolute atomic E-state index is 0.0125. The molecule has 0 heterocycles. The Morgan fingerprint density at radius 3 is 2.35 bits per heavy atom. The van der Waals surface area contributed by atoms with Gasteiger partial charge in [-0.1, -0.05) is 62.4 Å². The second-order valence-electron chi connectivity index (χ2n) is 7.72. The van der Waals surface area contributed by atoms with Gasteiger partial charge in [-0.2, -0.15) is 5.10 Å². The van der Waals surface area contributed by atoms with Crippen LogP contribution in [0.1, 0.15) is 30.9 Å². The maximum absolute atomic E-state index is 13.3. The van der Waals surface area contributed by atoms with E-state index in [1.165, 1.54) is 42.1 Å². The number of anilines is 1. The van der Waals surface area contributed by atoms with Gasteiger partial charge in [0.2, 0.25) is 0 Å². The van der Waals surface area contributed by atoms with Crippen molar-refractivity contribution >= 4 is 33.5 Å². The molecule has 176 valence electrons. The first-order valence-electron chi connectivity index (χ1n) is 10.4. The van der Waals surface area contributed by atoms with E-state index in [-0.39, 0.29) is 16.3 Å². The molecular weight excluding hydrogens is 456 g/mol. The summed E-state index contributed by atoms with van der Waals surface area (Å²) in [6, 6.07) is 20.3. The van der Waals surface area contributed by atoms with Gasteiger partial charge < -0.3 is 0 Å². The van der Waals surface area contributed by atoms with E-state index in [0.29, 0.717) is 5.92 Å². The molecule has 3 aromatic rings. The van der Waals surface area contributed by atoms with Crippen LogP contribution in [0.5, 0.6) is 0 Å². The number of carbonyl (C=O) groups is 1. The third kappa shape index (κ3) is 6.04. The number of non-ortho nitro benzene ring substituents is 1. The summed E-state index contributed by atoms with van der Waals surface area (Å²) < 4.78 is 27.4. The SMILES string of the molecule is CC(C)c1ccc(/C=N\NC(=O)CN(c2cccc([N+](=O)[O-])c2)S(=O)(=O)c2ccccc2)cc1. The molecule has 0 atom stereocenters. The van der Waals surface area contributed by atoms with Crippen LogP contribution in [0.4, 0.5) is 11.4 Å². The van der Waals surface area contributed by atoms with Crippen LogP contribution >= 0.6 is 0 Å². The summed E-state index contributed by atoms with van der Waals surface area (Å²) in [7, 11) is -4.18. The maximum atomic E-state index is 13.3. The first-order chi connectivity index (χ1) is 16.2. The Morgan fingerprint density at radius 2 is 1.74 bits per heavy atom. The number of hydrazone groups is 1. The van der Waals surface area contributed by atoms with Gasteiger partial charge in [-0.15, -0.1) is 0 Å². The number of rotatable bonds is 9. The minimum atomic E-state index is -4.18. The fourth-order valence-corrected chi connectivity index (χ4v) is 4.54. The summed E-state index contributed by atoms with van der Waals surface area (Å²) in [4.78, 5) is 23.1. The molecule has 0 spiro atoms. The Bertz CT molecular complexity index is 1290. The van der Waals surface area contributed by atoms with Crippen LogP contribution in [0.2, 0.25) is 0 Å². The van der Waals surface area contributed by atoms with Crippen molar-refractivity contribution in [3.63, 3.8) is 0 Å². The molecular formula is C24H24N4O5S. The highest BCUT2D eigenvalue weighted by molar-refractivity contribution is 7.92. The predicted octanol–water partition coefficient (Wildman–Crippen LogP) is 4.06. The number of nitro groups is 1. The number of nitro benzene ring substituents is 1. The van der Waals surface area contributed by atoms with E-state index in [9.17, 15) is 23.3 Å². The van der Waals surface area contributed by atoms with Crippen LogP contribution in [-0.2, 0) is 14.8 Å². The molecule has 9 nitrogen and oxygen atoms in total. The average molecular weight is 481 g/mol. The van der Waals surface area contributed by atoms with Gasteiger partial charge in [-0.25, -0.2) is 13.8 Å². The van der Waals surface area contributed by atoms with E-state index in [4.69, 9.17) is 0 Å². The van der Waals surface area contributed by atoms with Gasteiger partial charge in [0.15, 0.2) is 0 Å². The van der Waals surface area contributed by atoms with E-state index in [1.807, 2.05) is 24.3 Å². The second-order valence-corrected chi connectivity index (χ2v) is 9.58. The average Bonchev–Trinajstić information content (AvgIpc) is 2.83. The van der Waals surface area contributed by atoms with Crippen LogP contribution in [0.15, 0.2) is 88.9 Å². The minimum Gasteiger partial charge on any atom is -0.271 e. The van der Waals surface area contributed by atoms with Gasteiger partial charge in [0.05, 0.1) is 21.7 Å². The highest BCUT2D eigenvalue weighted by Gasteiger charge is 2.28. The summed E-state index contributed by atoms with van der Waals surface area (Å²) in [6.45, 7) is 3.54. The van der Waals surface area contributed by atoms with Crippen molar-refractivity contribution in [3.05, 3.63) is 100 Å². The van der Waals surface area contributed by atoms with Crippen molar-refractivity contribution < 1.29 is 18.1 Å². The topological polar surface area (TPSA) is 122 Å². The molecule has 0 saturated heterocycles. The Labute approximate surface area is 197 Å². The Morgan fingerprint density at radius 1 is 1.06 bits per heavy atom. The quantitative estimate of drug-likeness (QED) is 0.281. The highest BCUT2D eigenvalue weighted by Crippen LogP contribution is 2.26. The molecule has 3 aromatic carbocycles. The van der Waals surface area contributed by atoms with Crippen LogP contribution < -0.4 is 9.73 Å². The zero-order chi connectivity index (χ0) is 24.7. The molecule has 0 fully saturated rings. The molecule has 1 N–H and O–H groups in total. The van der Waals surface area contributed by atoms with Gasteiger partial charge in [0.25, 0.3) is 21.6 Å². The number of hydrogen-bond donors (Lipinski definition) is 1. The zero-order valence-electron chi connectivity index (χ0n) is 18.7. The summed E-state index contributed by atoms with van der Waals surface area (Å²) in [5.74, 6) is -0.321. The monoisotopic (exact) mass is 480 g/mol. The summed E-state index contributed by atoms with van der Waals surface area (Å²) in [6.07, 6.45) is 1.45. The fourth-order valence-electron chi connectivity index (χ4n) is 3.11. The second kappa shape index (κ2) is 10.7. The number of amides is 1. The van der Waals surface area contributed by atoms with Crippen LogP contribution in [-0.4, -0.2) is 32.0 Å². The maximum Gasteiger partial charge on any atom is 0.271 e. The standard InChI is InChI=1S/C24H24N4O5S/c1-18(2)20-13-11-19(12-14-20)16-25-26-24(29)17-27(21-7-6-8-22(15-21)28(30)31)34(32,33)23-9-4-3-5-10-23/h3-16,18H,17H2,1-2H3,(H,26,29)/b25-16-. The van der Waals surface area contributed by atoms with E-state index in [2.05, 4.69) is 24.4 Å². The summed E-state index contributed by atoms with van der Waals surface area (Å²) >= 11 is 0. The molecule has 0 unspecified atom stereocenters. The number of nitrogens with zero attached hydrogens (tertiary/aromatic N) is 3. The van der Waals surface area contributed by atoms with Gasteiger partial charge in [0, 0.05) is 12.1 Å². The molecule has 3 rings (SSSR count). The van der Waals surface area contributed by atoms with Crippen molar-refractivity contribution in [1.29, 1.82) is 0 Å². The lowest BCUT2D eigenvalue weighted by molar-refractivity contribution is -0.384. The van der Waals surface area contributed by atoms with Crippen molar-refractivity contribution in [2.45, 2.75) is 24.7 Å².